The van der Waals surface area contributed by atoms with E-state index in [1.807, 2.05) is 24.3 Å². The lowest BCUT2D eigenvalue weighted by Crippen LogP contribution is -1.70. The van der Waals surface area contributed by atoms with Crippen LogP contribution in [0.5, 0.6) is 0 Å². The summed E-state index contributed by atoms with van der Waals surface area (Å²) in [7, 11) is 0. The van der Waals surface area contributed by atoms with Crippen molar-refractivity contribution >= 4 is 66.3 Å². The highest BCUT2D eigenvalue weighted by Crippen LogP contribution is 2.42. The van der Waals surface area contributed by atoms with Gasteiger partial charge in [0.25, 0.3) is 0 Å². The Labute approximate surface area is 111 Å². The molecule has 0 aliphatic rings. The van der Waals surface area contributed by atoms with Gasteiger partial charge in [-0.2, -0.15) is 0 Å². The molecule has 0 fully saturated rings. The number of rotatable bonds is 0. The first kappa shape index (κ1) is 10.7. The van der Waals surface area contributed by atoms with Crippen molar-refractivity contribution in [1.29, 1.82) is 0 Å². The zero-order valence-electron chi connectivity index (χ0n) is 7.93. The average molecular weight is 288 g/mol. The Bertz CT molecular complexity index is 700. The van der Waals surface area contributed by atoms with Gasteiger partial charge in [-0.05, 0) is 18.2 Å². The summed E-state index contributed by atoms with van der Waals surface area (Å²) in [5, 5.41) is 4.21. The lowest BCUT2D eigenvalue weighted by atomic mass is 10.1. The molecule has 3 rings (SSSR count). The molecule has 1 aromatic heterocycles. The standard InChI is InChI=1S/C12H5Cl3S/c13-6-4-9(15)11-7-2-1-3-8(14)12(7)16-10(11)5-6/h1-5H. The summed E-state index contributed by atoms with van der Waals surface area (Å²) in [5.41, 5.74) is 0. The van der Waals surface area contributed by atoms with Gasteiger partial charge in [-0.15, -0.1) is 11.3 Å². The Morgan fingerprint density at radius 1 is 0.938 bits per heavy atom. The van der Waals surface area contributed by atoms with E-state index in [4.69, 9.17) is 34.8 Å². The molecule has 0 radical (unpaired) electrons. The first-order chi connectivity index (χ1) is 7.66. The fraction of sp³-hybridized carbons (Fsp3) is 0. The normalized spacial score (nSPS) is 11.4. The first-order valence-corrected chi connectivity index (χ1v) is 6.57. The maximum absolute atomic E-state index is 6.21. The quantitative estimate of drug-likeness (QED) is 0.474. The fourth-order valence-electron chi connectivity index (χ4n) is 1.81. The minimum Gasteiger partial charge on any atom is -0.134 e. The Morgan fingerprint density at radius 3 is 2.56 bits per heavy atom. The number of hydrogen-bond acceptors (Lipinski definition) is 1. The third kappa shape index (κ3) is 1.51. The molecule has 0 N–H and O–H groups in total. The molecular formula is C12H5Cl3S. The van der Waals surface area contributed by atoms with Crippen LogP contribution in [0.3, 0.4) is 0 Å². The summed E-state index contributed by atoms with van der Waals surface area (Å²) in [6.45, 7) is 0. The number of halogens is 3. The van der Waals surface area contributed by atoms with Gasteiger partial charge in [0.1, 0.15) is 0 Å². The summed E-state index contributed by atoms with van der Waals surface area (Å²) in [6, 6.07) is 9.53. The molecule has 0 unspecified atom stereocenters. The molecule has 0 saturated carbocycles. The number of benzene rings is 2. The number of thiophene rings is 1. The minimum atomic E-state index is 0.653. The van der Waals surface area contributed by atoms with E-state index >= 15 is 0 Å². The third-order valence-electron chi connectivity index (χ3n) is 2.47. The van der Waals surface area contributed by atoms with E-state index in [1.54, 1.807) is 17.4 Å². The smallest absolute Gasteiger partial charge is 0.0584 e. The van der Waals surface area contributed by atoms with Crippen molar-refractivity contribution in [2.45, 2.75) is 0 Å². The maximum Gasteiger partial charge on any atom is 0.0584 e. The Hall–Kier alpha value is -0.470. The van der Waals surface area contributed by atoms with Gasteiger partial charge in [0.05, 0.1) is 14.7 Å². The Morgan fingerprint density at radius 2 is 1.75 bits per heavy atom. The van der Waals surface area contributed by atoms with Gasteiger partial charge in [-0.25, -0.2) is 0 Å². The Balaban J connectivity index is 2.61. The van der Waals surface area contributed by atoms with Crippen LogP contribution >= 0.6 is 46.1 Å². The fourth-order valence-corrected chi connectivity index (χ4v) is 3.99. The molecular weight excluding hydrogens is 283 g/mol. The van der Waals surface area contributed by atoms with Gasteiger partial charge in [0.2, 0.25) is 0 Å². The van der Waals surface area contributed by atoms with E-state index in [-0.39, 0.29) is 0 Å². The van der Waals surface area contributed by atoms with Gasteiger partial charge in [-0.1, -0.05) is 46.9 Å². The van der Waals surface area contributed by atoms with Crippen LogP contribution in [0.2, 0.25) is 15.1 Å². The van der Waals surface area contributed by atoms with Crippen molar-refractivity contribution in [2.24, 2.45) is 0 Å². The van der Waals surface area contributed by atoms with Crippen molar-refractivity contribution in [2.75, 3.05) is 0 Å². The molecule has 4 heteroatoms. The minimum absolute atomic E-state index is 0.653. The van der Waals surface area contributed by atoms with Crippen LogP contribution in [-0.2, 0) is 0 Å². The third-order valence-corrected chi connectivity index (χ3v) is 4.60. The van der Waals surface area contributed by atoms with E-state index in [0.29, 0.717) is 10.0 Å². The van der Waals surface area contributed by atoms with Crippen LogP contribution in [0.25, 0.3) is 20.2 Å². The SMILES string of the molecule is Clc1cc(Cl)c2c(c1)sc1c(Cl)cccc12. The molecule has 1 heterocycles. The van der Waals surface area contributed by atoms with Gasteiger partial charge in [-0.3, -0.25) is 0 Å². The van der Waals surface area contributed by atoms with Gasteiger partial charge in [0.15, 0.2) is 0 Å². The Kier molecular flexibility index (Phi) is 2.52. The summed E-state index contributed by atoms with van der Waals surface area (Å²) in [4.78, 5) is 0. The highest BCUT2D eigenvalue weighted by molar-refractivity contribution is 7.26. The average Bonchev–Trinajstić information content (AvgIpc) is 2.57. The molecule has 0 nitrogen and oxygen atoms in total. The van der Waals surface area contributed by atoms with E-state index < -0.39 is 0 Å². The second kappa shape index (κ2) is 3.78. The largest absolute Gasteiger partial charge is 0.134 e. The highest BCUT2D eigenvalue weighted by Gasteiger charge is 2.11. The summed E-state index contributed by atoms with van der Waals surface area (Å²) < 4.78 is 2.13. The molecule has 0 amide bonds. The molecule has 0 aliphatic heterocycles. The maximum atomic E-state index is 6.21. The van der Waals surface area contributed by atoms with Crippen LogP contribution in [0.15, 0.2) is 30.3 Å². The molecule has 80 valence electrons. The molecule has 0 saturated heterocycles. The van der Waals surface area contributed by atoms with E-state index in [9.17, 15) is 0 Å². The molecule has 3 aromatic rings. The zero-order chi connectivity index (χ0) is 11.3. The van der Waals surface area contributed by atoms with E-state index in [1.165, 1.54) is 0 Å². The van der Waals surface area contributed by atoms with Crippen molar-refractivity contribution in [3.63, 3.8) is 0 Å². The van der Waals surface area contributed by atoms with E-state index in [0.717, 1.165) is 25.2 Å². The molecule has 0 bridgehead atoms. The van der Waals surface area contributed by atoms with Crippen molar-refractivity contribution in [1.82, 2.24) is 0 Å². The predicted molar refractivity (Wildman–Crippen MR) is 74.4 cm³/mol. The number of fused-ring (bicyclic) bond motifs is 3. The molecule has 2 aromatic carbocycles. The topological polar surface area (TPSA) is 0 Å². The van der Waals surface area contributed by atoms with Crippen LogP contribution < -0.4 is 0 Å². The van der Waals surface area contributed by atoms with E-state index in [2.05, 4.69) is 0 Å². The monoisotopic (exact) mass is 286 g/mol. The van der Waals surface area contributed by atoms with Crippen LogP contribution in [0.1, 0.15) is 0 Å². The van der Waals surface area contributed by atoms with Crippen molar-refractivity contribution < 1.29 is 0 Å². The van der Waals surface area contributed by atoms with Crippen molar-refractivity contribution in [3.05, 3.63) is 45.4 Å². The summed E-state index contributed by atoms with van der Waals surface area (Å²) in [5.74, 6) is 0. The molecule has 0 atom stereocenters. The van der Waals surface area contributed by atoms with Gasteiger partial charge < -0.3 is 0 Å². The summed E-state index contributed by atoms with van der Waals surface area (Å²) >= 11 is 20.0. The van der Waals surface area contributed by atoms with Crippen molar-refractivity contribution in [3.8, 4) is 0 Å². The zero-order valence-corrected chi connectivity index (χ0v) is 11.0. The summed E-state index contributed by atoms with van der Waals surface area (Å²) in [6.07, 6.45) is 0. The molecule has 0 spiro atoms. The van der Waals surface area contributed by atoms with Crippen LogP contribution in [0.4, 0.5) is 0 Å². The van der Waals surface area contributed by atoms with Gasteiger partial charge >= 0.3 is 0 Å². The highest BCUT2D eigenvalue weighted by atomic mass is 35.5. The lowest BCUT2D eigenvalue weighted by Gasteiger charge is -1.96. The molecule has 0 aliphatic carbocycles. The van der Waals surface area contributed by atoms with Gasteiger partial charge in [0, 0.05) is 20.5 Å². The van der Waals surface area contributed by atoms with Crippen LogP contribution in [0, 0.1) is 0 Å². The molecule has 16 heavy (non-hydrogen) atoms. The second-order valence-corrected chi connectivity index (χ2v) is 5.78. The second-order valence-electron chi connectivity index (χ2n) is 3.48. The lowest BCUT2D eigenvalue weighted by molar-refractivity contribution is 1.83. The predicted octanol–water partition coefficient (Wildman–Crippen LogP) is 6.01. The first-order valence-electron chi connectivity index (χ1n) is 4.62. The number of hydrogen-bond donors (Lipinski definition) is 0. The van der Waals surface area contributed by atoms with Crippen LogP contribution in [-0.4, -0.2) is 0 Å².